The zero-order valence-corrected chi connectivity index (χ0v) is 20.7. The molecule has 9 nitrogen and oxygen atoms in total. The maximum Gasteiger partial charge on any atom is 0.414 e. The number of aryl methyl sites for hydroxylation is 1. The molecule has 0 saturated heterocycles. The normalized spacial score (nSPS) is 12.5. The van der Waals surface area contributed by atoms with Gasteiger partial charge in [0.25, 0.3) is 0 Å². The molecule has 1 amide bonds. The molecule has 1 atom stereocenters. The molecule has 0 fully saturated rings. The van der Waals surface area contributed by atoms with Crippen LogP contribution in [0.4, 0.5) is 9.18 Å². The number of alkyl halides is 1. The summed E-state index contributed by atoms with van der Waals surface area (Å²) >= 11 is 6.28. The summed E-state index contributed by atoms with van der Waals surface area (Å²) in [5.74, 6) is 0.0552. The summed E-state index contributed by atoms with van der Waals surface area (Å²) in [6.45, 7) is 1.48. The van der Waals surface area contributed by atoms with Crippen molar-refractivity contribution in [2.75, 3.05) is 20.6 Å². The number of amides is 1. The van der Waals surface area contributed by atoms with Crippen molar-refractivity contribution >= 4 is 38.7 Å². The van der Waals surface area contributed by atoms with Gasteiger partial charge in [-0.15, -0.1) is 0 Å². The van der Waals surface area contributed by atoms with Crippen LogP contribution in [0.15, 0.2) is 50.5 Å². The molecule has 3 rings (SSSR count). The third kappa shape index (κ3) is 6.37. The second kappa shape index (κ2) is 10.7. The van der Waals surface area contributed by atoms with Crippen LogP contribution in [0.1, 0.15) is 23.1 Å². The summed E-state index contributed by atoms with van der Waals surface area (Å²) in [6, 6.07) is 8.77. The molecule has 1 aromatic heterocycles. The van der Waals surface area contributed by atoms with Gasteiger partial charge in [-0.25, -0.2) is 27.1 Å². The van der Waals surface area contributed by atoms with Crippen LogP contribution in [0.3, 0.4) is 0 Å². The summed E-state index contributed by atoms with van der Waals surface area (Å²) in [6.07, 6.45) is -2.94. The Morgan fingerprint density at radius 1 is 1.26 bits per heavy atom. The van der Waals surface area contributed by atoms with E-state index in [1.165, 1.54) is 37.2 Å². The van der Waals surface area contributed by atoms with Crippen molar-refractivity contribution < 1.29 is 31.9 Å². The second-order valence-electron chi connectivity index (χ2n) is 7.98. The van der Waals surface area contributed by atoms with Gasteiger partial charge in [0, 0.05) is 50.5 Å². The molecule has 0 aliphatic heterocycles. The molecule has 0 spiro atoms. The highest BCUT2D eigenvalue weighted by molar-refractivity contribution is 7.89. The lowest BCUT2D eigenvalue weighted by molar-refractivity contribution is 0.0362. The number of hydrogen-bond donors (Lipinski definition) is 2. The highest BCUT2D eigenvalue weighted by Gasteiger charge is 2.18. The molecule has 2 N–H and O–H groups in total. The first-order valence-corrected chi connectivity index (χ1v) is 12.3. The summed E-state index contributed by atoms with van der Waals surface area (Å²) in [5.41, 5.74) is 1.24. The second-order valence-corrected chi connectivity index (χ2v) is 10.2. The van der Waals surface area contributed by atoms with E-state index in [1.807, 2.05) is 0 Å². The Morgan fingerprint density at radius 3 is 2.51 bits per heavy atom. The average Bonchev–Trinajstić information content (AvgIpc) is 2.77. The highest BCUT2D eigenvalue weighted by Crippen LogP contribution is 2.32. The fourth-order valence-corrected chi connectivity index (χ4v) is 4.49. The van der Waals surface area contributed by atoms with Crippen molar-refractivity contribution in [3.05, 3.63) is 68.5 Å². The van der Waals surface area contributed by atoms with Gasteiger partial charge in [-0.2, -0.15) is 0 Å². The Balaban J connectivity index is 1.86. The maximum atomic E-state index is 12.7. The number of benzene rings is 2. The number of hydrogen-bond acceptors (Lipinski definition) is 7. The van der Waals surface area contributed by atoms with E-state index in [0.717, 1.165) is 0 Å². The molecule has 0 saturated carbocycles. The van der Waals surface area contributed by atoms with Crippen LogP contribution in [0.5, 0.6) is 5.75 Å². The minimum absolute atomic E-state index is 0.0385. The van der Waals surface area contributed by atoms with Gasteiger partial charge < -0.3 is 19.2 Å². The summed E-state index contributed by atoms with van der Waals surface area (Å²) in [5, 5.41) is 9.35. The van der Waals surface area contributed by atoms with Gasteiger partial charge in [-0.3, -0.25) is 0 Å². The molecule has 0 aliphatic carbocycles. The number of ether oxygens (including phenoxy) is 1. The number of nitrogens with one attached hydrogen (secondary N) is 1. The van der Waals surface area contributed by atoms with Crippen molar-refractivity contribution in [3.63, 3.8) is 0 Å². The van der Waals surface area contributed by atoms with Gasteiger partial charge in [-0.05, 0) is 36.2 Å². The molecule has 12 heteroatoms. The Bertz CT molecular complexity index is 1400. The molecular formula is C23H24ClFN2O7S. The zero-order valence-electron chi connectivity index (χ0n) is 19.2. The number of sulfonamides is 1. The number of carbonyl (C=O) groups is 1. The topological polar surface area (TPSA) is 126 Å². The van der Waals surface area contributed by atoms with Crippen molar-refractivity contribution in [2.45, 2.75) is 31.0 Å². The first-order chi connectivity index (χ1) is 16.4. The summed E-state index contributed by atoms with van der Waals surface area (Å²) in [4.78, 5) is 25.7. The van der Waals surface area contributed by atoms with Crippen LogP contribution in [-0.4, -0.2) is 51.5 Å². The molecular weight excluding hydrogens is 503 g/mol. The van der Waals surface area contributed by atoms with E-state index in [4.69, 9.17) is 25.9 Å². The van der Waals surface area contributed by atoms with Crippen LogP contribution in [0.2, 0.25) is 5.02 Å². The molecule has 0 aliphatic rings. The molecule has 35 heavy (non-hydrogen) atoms. The van der Waals surface area contributed by atoms with Crippen molar-refractivity contribution in [1.29, 1.82) is 0 Å². The van der Waals surface area contributed by atoms with Crippen LogP contribution >= 0.6 is 11.6 Å². The Hall–Kier alpha value is -2.99. The lowest BCUT2D eigenvalue weighted by Crippen LogP contribution is -2.26. The van der Waals surface area contributed by atoms with Crippen LogP contribution in [0, 0.1) is 6.92 Å². The molecule has 0 radical (unpaired) electrons. The van der Waals surface area contributed by atoms with Gasteiger partial charge in [0.15, 0.2) is 12.1 Å². The third-order valence-electron chi connectivity index (χ3n) is 5.19. The first-order valence-electron chi connectivity index (χ1n) is 10.4. The monoisotopic (exact) mass is 526 g/mol. The van der Waals surface area contributed by atoms with Crippen molar-refractivity contribution in [1.82, 2.24) is 9.62 Å². The van der Waals surface area contributed by atoms with Crippen LogP contribution < -0.4 is 15.1 Å². The number of aliphatic hydroxyl groups is 1. The Labute approximate surface area is 206 Å². The lowest BCUT2D eigenvalue weighted by atomic mass is 9.99. The van der Waals surface area contributed by atoms with E-state index in [9.17, 15) is 22.4 Å². The quantitative estimate of drug-likeness (QED) is 0.431. The number of halogens is 2. The smallest absolute Gasteiger partial charge is 0.414 e. The van der Waals surface area contributed by atoms with Gasteiger partial charge in [0.2, 0.25) is 10.0 Å². The fourth-order valence-electron chi connectivity index (χ4n) is 3.24. The predicted octanol–water partition coefficient (Wildman–Crippen LogP) is 3.36. The third-order valence-corrected chi connectivity index (χ3v) is 6.96. The van der Waals surface area contributed by atoms with Crippen molar-refractivity contribution in [3.8, 4) is 5.75 Å². The fraction of sp³-hybridized carbons (Fsp3) is 0.304. The molecule has 1 unspecified atom stereocenters. The molecule has 3 aromatic rings. The molecule has 188 valence electrons. The van der Waals surface area contributed by atoms with E-state index in [0.29, 0.717) is 22.1 Å². The summed E-state index contributed by atoms with van der Waals surface area (Å²) in [7, 11) is -0.839. The SMILES string of the molecule is Cc1c(Cc2ccc(S(=O)(=O)NCCC(O)F)cc2)c(=O)oc2cc(OC(=O)N(C)C)c(Cl)cc12. The lowest BCUT2D eigenvalue weighted by Gasteiger charge is -2.13. The predicted molar refractivity (Wildman–Crippen MR) is 128 cm³/mol. The Kier molecular flexibility index (Phi) is 8.16. The molecule has 2 aromatic carbocycles. The largest absolute Gasteiger partial charge is 0.422 e. The van der Waals surface area contributed by atoms with Gasteiger partial charge in [0.05, 0.1) is 9.92 Å². The van der Waals surface area contributed by atoms with Gasteiger partial charge in [-0.1, -0.05) is 23.7 Å². The number of carbonyl (C=O) groups excluding carboxylic acids is 1. The van der Waals surface area contributed by atoms with Gasteiger partial charge >= 0.3 is 11.7 Å². The molecule has 0 bridgehead atoms. The summed E-state index contributed by atoms with van der Waals surface area (Å²) < 4.78 is 49.9. The van der Waals surface area contributed by atoms with Crippen molar-refractivity contribution in [2.24, 2.45) is 0 Å². The minimum Gasteiger partial charge on any atom is -0.422 e. The standard InChI is InChI=1S/C23H24ClFN2O7S/c1-13-16-11-18(24)20(34-23(30)27(2)3)12-19(16)33-22(29)17(13)10-14-4-6-15(7-5-14)35(31,32)26-9-8-21(25)28/h4-7,11-12,21,26,28H,8-10H2,1-3H3. The molecule has 1 heterocycles. The zero-order chi connectivity index (χ0) is 25.9. The number of nitrogens with zero attached hydrogens (tertiary/aromatic N) is 1. The van der Waals surface area contributed by atoms with E-state index in [1.54, 1.807) is 25.1 Å². The first kappa shape index (κ1) is 26.6. The van der Waals surface area contributed by atoms with E-state index in [2.05, 4.69) is 4.72 Å². The van der Waals surface area contributed by atoms with E-state index < -0.39 is 28.1 Å². The Morgan fingerprint density at radius 2 is 1.91 bits per heavy atom. The van der Waals surface area contributed by atoms with Gasteiger partial charge in [0.1, 0.15) is 5.58 Å². The maximum absolute atomic E-state index is 12.7. The van der Waals surface area contributed by atoms with E-state index >= 15 is 0 Å². The van der Waals surface area contributed by atoms with Crippen LogP contribution in [-0.2, 0) is 16.4 Å². The van der Waals surface area contributed by atoms with Crippen LogP contribution in [0.25, 0.3) is 11.0 Å². The average molecular weight is 527 g/mol. The number of fused-ring (bicyclic) bond motifs is 1. The van der Waals surface area contributed by atoms with E-state index in [-0.39, 0.29) is 40.6 Å². The number of aliphatic hydroxyl groups excluding tert-OH is 1. The minimum atomic E-state index is -3.88. The highest BCUT2D eigenvalue weighted by atomic mass is 35.5. The number of rotatable bonds is 8.